The molecule has 1 aromatic carbocycles. The summed E-state index contributed by atoms with van der Waals surface area (Å²) in [4.78, 5) is 25.8. The molecule has 5 heteroatoms. The molecule has 0 unspecified atom stereocenters. The Kier molecular flexibility index (Phi) is 4.98. The maximum atomic E-state index is 12.1. The van der Waals surface area contributed by atoms with Gasteiger partial charge in [-0.15, -0.1) is 0 Å². The first-order valence-electron chi connectivity index (χ1n) is 7.05. The molecule has 0 bridgehead atoms. The van der Waals surface area contributed by atoms with Gasteiger partial charge in [0, 0.05) is 38.8 Å². The van der Waals surface area contributed by atoms with Gasteiger partial charge in [0.05, 0.1) is 5.56 Å². The first-order valence-corrected chi connectivity index (χ1v) is 7.05. The Morgan fingerprint density at radius 2 is 1.90 bits per heavy atom. The summed E-state index contributed by atoms with van der Waals surface area (Å²) in [5.41, 5.74) is 1.39. The second-order valence-corrected chi connectivity index (χ2v) is 4.89. The fraction of sp³-hybridized carbons (Fsp3) is 0.467. The predicted molar refractivity (Wildman–Crippen MR) is 78.8 cm³/mol. The van der Waals surface area contributed by atoms with Gasteiger partial charge in [0.1, 0.15) is 0 Å². The molecule has 2 rings (SSSR count). The average molecular weight is 275 g/mol. The van der Waals surface area contributed by atoms with E-state index in [-0.39, 0.29) is 11.8 Å². The lowest BCUT2D eigenvalue weighted by Gasteiger charge is -2.15. The number of nitrogens with zero attached hydrogens (tertiary/aromatic N) is 1. The Hall–Kier alpha value is -2.04. The SMILES string of the molecule is CNc1ccccc1C(=O)NCCC(=O)N1CCCC1. The van der Waals surface area contributed by atoms with Crippen LogP contribution < -0.4 is 10.6 Å². The fourth-order valence-corrected chi connectivity index (χ4v) is 2.40. The van der Waals surface area contributed by atoms with Crippen molar-refractivity contribution < 1.29 is 9.59 Å². The Morgan fingerprint density at radius 1 is 1.20 bits per heavy atom. The number of carbonyl (C=O) groups is 2. The smallest absolute Gasteiger partial charge is 0.253 e. The monoisotopic (exact) mass is 275 g/mol. The van der Waals surface area contributed by atoms with Gasteiger partial charge in [-0.05, 0) is 25.0 Å². The predicted octanol–water partition coefficient (Wildman–Crippen LogP) is 1.47. The molecule has 1 heterocycles. The first kappa shape index (κ1) is 14.4. The van der Waals surface area contributed by atoms with E-state index in [1.165, 1.54) is 0 Å². The summed E-state index contributed by atoms with van der Waals surface area (Å²) in [6.45, 7) is 2.09. The summed E-state index contributed by atoms with van der Waals surface area (Å²) in [6, 6.07) is 7.32. The third-order valence-corrected chi connectivity index (χ3v) is 3.52. The summed E-state index contributed by atoms with van der Waals surface area (Å²) >= 11 is 0. The molecule has 2 amide bonds. The van der Waals surface area contributed by atoms with Crippen LogP contribution in [0, 0.1) is 0 Å². The molecule has 0 aromatic heterocycles. The van der Waals surface area contributed by atoms with Crippen LogP contribution in [0.15, 0.2) is 24.3 Å². The van der Waals surface area contributed by atoms with Gasteiger partial charge >= 0.3 is 0 Å². The fourth-order valence-electron chi connectivity index (χ4n) is 2.40. The lowest BCUT2D eigenvalue weighted by Crippen LogP contribution is -2.32. The van der Waals surface area contributed by atoms with Crippen LogP contribution in [0.1, 0.15) is 29.6 Å². The highest BCUT2D eigenvalue weighted by Crippen LogP contribution is 2.13. The number of para-hydroxylation sites is 1. The van der Waals surface area contributed by atoms with E-state index in [1.54, 1.807) is 13.1 Å². The van der Waals surface area contributed by atoms with Gasteiger partial charge in [0.2, 0.25) is 5.91 Å². The van der Waals surface area contributed by atoms with Gasteiger partial charge in [0.15, 0.2) is 0 Å². The molecule has 1 aliphatic heterocycles. The molecule has 0 saturated carbocycles. The van der Waals surface area contributed by atoms with Gasteiger partial charge in [0.25, 0.3) is 5.91 Å². The molecule has 1 saturated heterocycles. The highest BCUT2D eigenvalue weighted by Gasteiger charge is 2.17. The molecule has 20 heavy (non-hydrogen) atoms. The van der Waals surface area contributed by atoms with Crippen molar-refractivity contribution in [3.05, 3.63) is 29.8 Å². The Balaban J connectivity index is 1.81. The summed E-state index contributed by atoms with van der Waals surface area (Å²) in [5, 5.41) is 5.79. The van der Waals surface area contributed by atoms with Crippen molar-refractivity contribution >= 4 is 17.5 Å². The minimum absolute atomic E-state index is 0.129. The molecule has 0 spiro atoms. The number of likely N-dealkylation sites (tertiary alicyclic amines) is 1. The van der Waals surface area contributed by atoms with Crippen molar-refractivity contribution in [1.29, 1.82) is 0 Å². The van der Waals surface area contributed by atoms with Crippen LogP contribution >= 0.6 is 0 Å². The summed E-state index contributed by atoms with van der Waals surface area (Å²) in [6.07, 6.45) is 2.55. The van der Waals surface area contributed by atoms with Crippen molar-refractivity contribution in [2.45, 2.75) is 19.3 Å². The van der Waals surface area contributed by atoms with Gasteiger partial charge in [-0.1, -0.05) is 12.1 Å². The van der Waals surface area contributed by atoms with Crippen molar-refractivity contribution in [3.63, 3.8) is 0 Å². The zero-order valence-electron chi connectivity index (χ0n) is 11.8. The molecular weight excluding hydrogens is 254 g/mol. The number of rotatable bonds is 5. The zero-order chi connectivity index (χ0) is 14.4. The van der Waals surface area contributed by atoms with Gasteiger partial charge in [-0.2, -0.15) is 0 Å². The molecule has 0 aliphatic carbocycles. The van der Waals surface area contributed by atoms with Gasteiger partial charge < -0.3 is 15.5 Å². The standard InChI is InChI=1S/C15H21N3O2/c1-16-13-7-3-2-6-12(13)15(20)17-9-8-14(19)18-10-4-5-11-18/h2-3,6-7,16H,4-5,8-11H2,1H3,(H,17,20). The van der Waals surface area contributed by atoms with Gasteiger partial charge in [-0.3, -0.25) is 9.59 Å². The second-order valence-electron chi connectivity index (χ2n) is 4.89. The van der Waals surface area contributed by atoms with E-state index in [0.717, 1.165) is 31.6 Å². The third kappa shape index (κ3) is 3.50. The number of carbonyl (C=O) groups excluding carboxylic acids is 2. The van der Waals surface area contributed by atoms with Crippen LogP contribution in [0.4, 0.5) is 5.69 Å². The number of nitrogens with one attached hydrogen (secondary N) is 2. The van der Waals surface area contributed by atoms with Crippen LogP contribution in [0.25, 0.3) is 0 Å². The minimum Gasteiger partial charge on any atom is -0.387 e. The van der Waals surface area contributed by atoms with Crippen LogP contribution in [0.2, 0.25) is 0 Å². The molecular formula is C15H21N3O2. The largest absolute Gasteiger partial charge is 0.387 e. The van der Waals surface area contributed by atoms with Crippen molar-refractivity contribution in [3.8, 4) is 0 Å². The molecule has 5 nitrogen and oxygen atoms in total. The highest BCUT2D eigenvalue weighted by molar-refractivity contribution is 5.99. The summed E-state index contributed by atoms with van der Waals surface area (Å²) in [7, 11) is 1.78. The topological polar surface area (TPSA) is 61.4 Å². The van der Waals surface area contributed by atoms with Crippen molar-refractivity contribution in [2.24, 2.45) is 0 Å². The Bertz CT molecular complexity index is 482. The lowest BCUT2D eigenvalue weighted by molar-refractivity contribution is -0.129. The van der Waals surface area contributed by atoms with E-state index in [1.807, 2.05) is 23.1 Å². The molecule has 2 N–H and O–H groups in total. The number of benzene rings is 1. The second kappa shape index (κ2) is 6.93. The molecule has 0 radical (unpaired) electrons. The number of hydrogen-bond donors (Lipinski definition) is 2. The highest BCUT2D eigenvalue weighted by atomic mass is 16.2. The van der Waals surface area contributed by atoms with E-state index in [9.17, 15) is 9.59 Å². The third-order valence-electron chi connectivity index (χ3n) is 3.52. The molecule has 0 atom stereocenters. The van der Waals surface area contributed by atoms with Crippen LogP contribution in [0.3, 0.4) is 0 Å². The van der Waals surface area contributed by atoms with E-state index in [4.69, 9.17) is 0 Å². The Labute approximate surface area is 119 Å². The van der Waals surface area contributed by atoms with Crippen molar-refractivity contribution in [2.75, 3.05) is 32.0 Å². The quantitative estimate of drug-likeness (QED) is 0.855. The number of hydrogen-bond acceptors (Lipinski definition) is 3. The van der Waals surface area contributed by atoms with Crippen LogP contribution in [0.5, 0.6) is 0 Å². The van der Waals surface area contributed by atoms with Crippen LogP contribution in [-0.4, -0.2) is 43.4 Å². The first-order chi connectivity index (χ1) is 9.72. The number of amides is 2. The maximum Gasteiger partial charge on any atom is 0.253 e. The summed E-state index contributed by atoms with van der Waals surface area (Å²) in [5.74, 6) is -0.0196. The maximum absolute atomic E-state index is 12.1. The lowest BCUT2D eigenvalue weighted by atomic mass is 10.1. The van der Waals surface area contributed by atoms with E-state index < -0.39 is 0 Å². The molecule has 1 aromatic rings. The van der Waals surface area contributed by atoms with Gasteiger partial charge in [-0.25, -0.2) is 0 Å². The average Bonchev–Trinajstić information content (AvgIpc) is 3.01. The zero-order valence-corrected chi connectivity index (χ0v) is 11.8. The normalized spacial score (nSPS) is 14.2. The molecule has 1 fully saturated rings. The Morgan fingerprint density at radius 3 is 2.60 bits per heavy atom. The van der Waals surface area contributed by atoms with E-state index >= 15 is 0 Å². The summed E-state index contributed by atoms with van der Waals surface area (Å²) < 4.78 is 0. The minimum atomic E-state index is -0.149. The molecule has 1 aliphatic rings. The van der Waals surface area contributed by atoms with E-state index in [2.05, 4.69) is 10.6 Å². The van der Waals surface area contributed by atoms with Crippen molar-refractivity contribution in [1.82, 2.24) is 10.2 Å². The number of anilines is 1. The molecule has 108 valence electrons. The van der Waals surface area contributed by atoms with E-state index in [0.29, 0.717) is 18.5 Å². The van der Waals surface area contributed by atoms with Crippen LogP contribution in [-0.2, 0) is 4.79 Å².